The third-order valence-electron chi connectivity index (χ3n) is 3.42. The first-order valence-electron chi connectivity index (χ1n) is 5.87. The monoisotopic (exact) mass is 412 g/mol. The molecule has 1 aliphatic carbocycles. The van der Waals surface area contributed by atoms with E-state index in [-0.39, 0.29) is 106 Å². The fourth-order valence-corrected chi connectivity index (χ4v) is 2.31. The molecule has 0 saturated carbocycles. The molecule has 0 unspecified atom stereocenters. The first kappa shape index (κ1) is 24.4. The van der Waals surface area contributed by atoms with E-state index in [2.05, 4.69) is 0 Å². The number of nitrogen functional groups attached to an aromatic ring is 4. The third kappa shape index (κ3) is 3.47. The van der Waals surface area contributed by atoms with E-state index in [1.807, 2.05) is 0 Å². The zero-order valence-electron chi connectivity index (χ0n) is 12.1. The molecule has 10 heteroatoms. The van der Waals surface area contributed by atoms with Crippen LogP contribution in [-0.2, 0) is 0 Å². The fraction of sp³-hybridized carbons (Fsp3) is 0. The predicted octanol–water partition coefficient (Wildman–Crippen LogP) is 2.48. The molecule has 0 saturated heterocycles. The molecule has 6 nitrogen and oxygen atoms in total. The van der Waals surface area contributed by atoms with Gasteiger partial charge in [-0.25, -0.2) is 0 Å². The van der Waals surface area contributed by atoms with Crippen molar-refractivity contribution < 1.29 is 9.59 Å². The van der Waals surface area contributed by atoms with Crippen molar-refractivity contribution >= 4 is 83.9 Å². The van der Waals surface area contributed by atoms with Crippen LogP contribution in [0, 0.1) is 0 Å². The van der Waals surface area contributed by atoms with Gasteiger partial charge in [-0.1, -0.05) is 0 Å². The Hall–Kier alpha value is -1.86. The zero-order valence-corrected chi connectivity index (χ0v) is 15.3. The maximum absolute atomic E-state index is 12.4. The smallest absolute Gasteiger partial charge is 0.194 e. The molecule has 0 amide bonds. The van der Waals surface area contributed by atoms with Gasteiger partial charge in [0.2, 0.25) is 0 Å². The lowest BCUT2D eigenvalue weighted by atomic mass is 9.83. The second-order valence-corrected chi connectivity index (χ2v) is 4.71. The Kier molecular flexibility index (Phi) is 8.44. The summed E-state index contributed by atoms with van der Waals surface area (Å²) in [5.41, 5.74) is 24.8. The summed E-state index contributed by atoms with van der Waals surface area (Å²) in [7, 11) is 0. The highest BCUT2D eigenvalue weighted by Crippen LogP contribution is 2.33. The number of hydrogen-bond donors (Lipinski definition) is 4. The summed E-state index contributed by atoms with van der Waals surface area (Å²) in [5, 5.41) is 0. The van der Waals surface area contributed by atoms with Gasteiger partial charge in [0.05, 0.1) is 22.7 Å². The Balaban J connectivity index is 0. The van der Waals surface area contributed by atoms with Crippen LogP contribution in [0.2, 0.25) is 0 Å². The number of hydrogen-bond acceptors (Lipinski definition) is 6. The summed E-state index contributed by atoms with van der Waals surface area (Å²) in [5.74, 6) is -0.624. The highest BCUT2D eigenvalue weighted by Gasteiger charge is 2.31. The minimum absolute atomic E-state index is 0. The van der Waals surface area contributed by atoms with E-state index in [1.165, 1.54) is 24.3 Å². The molecule has 24 heavy (non-hydrogen) atoms. The van der Waals surface area contributed by atoms with Gasteiger partial charge in [0, 0.05) is 22.3 Å². The minimum atomic E-state index is -0.312. The number of anilines is 4. The lowest BCUT2D eigenvalue weighted by Gasteiger charge is -2.19. The van der Waals surface area contributed by atoms with Crippen molar-refractivity contribution in [2.24, 2.45) is 0 Å². The molecule has 132 valence electrons. The van der Waals surface area contributed by atoms with Crippen LogP contribution in [0.5, 0.6) is 0 Å². The number of halogens is 4. The van der Waals surface area contributed by atoms with Crippen molar-refractivity contribution in [3.8, 4) is 0 Å². The van der Waals surface area contributed by atoms with E-state index in [1.54, 1.807) is 0 Å². The van der Waals surface area contributed by atoms with Crippen molar-refractivity contribution in [3.63, 3.8) is 0 Å². The van der Waals surface area contributed by atoms with E-state index >= 15 is 0 Å². The SMILES string of the molecule is Cl.Cl.Cl.Cl.Nc1cc2c(cc1N)C(=O)c1cc(N)c(N)cc1C2=O. The molecule has 8 N–H and O–H groups in total. The maximum atomic E-state index is 12.4. The zero-order chi connectivity index (χ0) is 14.6. The van der Waals surface area contributed by atoms with Gasteiger partial charge < -0.3 is 22.9 Å². The molecule has 0 radical (unpaired) electrons. The van der Waals surface area contributed by atoms with Gasteiger partial charge in [-0.2, -0.15) is 0 Å². The average Bonchev–Trinajstić information content (AvgIpc) is 2.41. The topological polar surface area (TPSA) is 138 Å². The number of carbonyl (C=O) groups excluding carboxylic acids is 2. The molecule has 0 aromatic heterocycles. The number of carbonyl (C=O) groups is 2. The van der Waals surface area contributed by atoms with E-state index in [9.17, 15) is 9.59 Å². The Labute approximate surface area is 163 Å². The van der Waals surface area contributed by atoms with Crippen molar-refractivity contribution in [1.82, 2.24) is 0 Å². The van der Waals surface area contributed by atoms with Gasteiger partial charge in [-0.15, -0.1) is 49.6 Å². The molecule has 2 aromatic rings. The Morgan fingerprint density at radius 2 is 0.625 bits per heavy atom. The third-order valence-corrected chi connectivity index (χ3v) is 3.42. The summed E-state index contributed by atoms with van der Waals surface area (Å²) >= 11 is 0. The fourth-order valence-electron chi connectivity index (χ4n) is 2.31. The number of nitrogens with two attached hydrogens (primary N) is 4. The molecule has 0 atom stereocenters. The van der Waals surface area contributed by atoms with Crippen LogP contribution in [0.15, 0.2) is 24.3 Å². The summed E-state index contributed by atoms with van der Waals surface area (Å²) in [6.07, 6.45) is 0. The lowest BCUT2D eigenvalue weighted by Crippen LogP contribution is -2.22. The molecule has 0 aliphatic heterocycles. The van der Waals surface area contributed by atoms with Crippen LogP contribution in [0.1, 0.15) is 31.8 Å². The van der Waals surface area contributed by atoms with E-state index in [4.69, 9.17) is 22.9 Å². The minimum Gasteiger partial charge on any atom is -0.397 e. The van der Waals surface area contributed by atoms with E-state index in [0.717, 1.165) is 0 Å². The summed E-state index contributed by atoms with van der Waals surface area (Å²) < 4.78 is 0. The molecule has 3 rings (SSSR count). The van der Waals surface area contributed by atoms with Crippen LogP contribution < -0.4 is 22.9 Å². The quantitative estimate of drug-likeness (QED) is 0.417. The van der Waals surface area contributed by atoms with Gasteiger partial charge in [0.25, 0.3) is 0 Å². The Morgan fingerprint density at radius 3 is 0.792 bits per heavy atom. The van der Waals surface area contributed by atoms with E-state index in [0.29, 0.717) is 0 Å². The molecular formula is C14H16Cl4N4O2. The molecule has 2 aromatic carbocycles. The lowest BCUT2D eigenvalue weighted by molar-refractivity contribution is 0.0979. The largest absolute Gasteiger partial charge is 0.397 e. The molecule has 0 fully saturated rings. The second kappa shape index (κ2) is 8.30. The van der Waals surface area contributed by atoms with Crippen molar-refractivity contribution in [2.45, 2.75) is 0 Å². The van der Waals surface area contributed by atoms with Crippen molar-refractivity contribution in [1.29, 1.82) is 0 Å². The number of fused-ring (bicyclic) bond motifs is 2. The number of rotatable bonds is 0. The van der Waals surface area contributed by atoms with Gasteiger partial charge >= 0.3 is 0 Å². The molecule has 0 heterocycles. The van der Waals surface area contributed by atoms with Gasteiger partial charge in [0.1, 0.15) is 0 Å². The standard InChI is InChI=1S/C14H12N4O2.4ClH/c15-9-1-5-6(2-10(9)16)14(20)8-4-12(18)11(17)3-7(8)13(5)19;;;;/h1-4H,15-18H2;4*1H. The first-order chi connectivity index (χ1) is 9.40. The van der Waals surface area contributed by atoms with Crippen LogP contribution >= 0.6 is 49.6 Å². The number of ketones is 2. The highest BCUT2D eigenvalue weighted by molar-refractivity contribution is 6.29. The van der Waals surface area contributed by atoms with Gasteiger partial charge in [-0.05, 0) is 24.3 Å². The van der Waals surface area contributed by atoms with Crippen LogP contribution in [-0.4, -0.2) is 11.6 Å². The summed E-state index contributed by atoms with van der Waals surface area (Å²) in [4.78, 5) is 24.9. The average molecular weight is 414 g/mol. The normalized spacial score (nSPS) is 10.8. The molecule has 1 aliphatic rings. The molecule has 0 spiro atoms. The Bertz CT molecular complexity index is 682. The maximum Gasteiger partial charge on any atom is 0.194 e. The highest BCUT2D eigenvalue weighted by atomic mass is 35.5. The second-order valence-electron chi connectivity index (χ2n) is 4.71. The van der Waals surface area contributed by atoms with E-state index < -0.39 is 0 Å². The van der Waals surface area contributed by atoms with Gasteiger partial charge in [-0.3, -0.25) is 9.59 Å². The van der Waals surface area contributed by atoms with Crippen molar-refractivity contribution in [2.75, 3.05) is 22.9 Å². The predicted molar refractivity (Wildman–Crippen MR) is 106 cm³/mol. The molecule has 0 bridgehead atoms. The van der Waals surface area contributed by atoms with Crippen LogP contribution in [0.4, 0.5) is 22.7 Å². The van der Waals surface area contributed by atoms with Crippen molar-refractivity contribution in [3.05, 3.63) is 46.5 Å². The molecular weight excluding hydrogens is 398 g/mol. The van der Waals surface area contributed by atoms with Crippen LogP contribution in [0.3, 0.4) is 0 Å². The van der Waals surface area contributed by atoms with Gasteiger partial charge in [0.15, 0.2) is 11.6 Å². The Morgan fingerprint density at radius 1 is 0.458 bits per heavy atom. The first-order valence-corrected chi connectivity index (χ1v) is 5.87. The van der Waals surface area contributed by atoms with Crippen LogP contribution in [0.25, 0.3) is 0 Å². The summed E-state index contributed by atoms with van der Waals surface area (Å²) in [6.45, 7) is 0. The summed E-state index contributed by atoms with van der Waals surface area (Å²) in [6, 6.07) is 5.67. The number of benzene rings is 2.